The van der Waals surface area contributed by atoms with Crippen LogP contribution in [0.3, 0.4) is 0 Å². The van der Waals surface area contributed by atoms with E-state index < -0.39 is 0 Å². The van der Waals surface area contributed by atoms with Crippen molar-refractivity contribution in [1.29, 1.82) is 0 Å². The Balaban J connectivity index is 0.00000280. The van der Waals surface area contributed by atoms with Crippen LogP contribution in [0.15, 0.2) is 23.2 Å². The second-order valence-electron chi connectivity index (χ2n) is 7.25. The molecule has 0 aromatic heterocycles. The first kappa shape index (κ1) is 23.2. The molecule has 6 nitrogen and oxygen atoms in total. The third-order valence-corrected chi connectivity index (χ3v) is 5.40. The highest BCUT2D eigenvalue weighted by Crippen LogP contribution is 2.25. The molecule has 0 atom stereocenters. The number of hydrogen-bond acceptors (Lipinski definition) is 4. The van der Waals surface area contributed by atoms with E-state index in [0.29, 0.717) is 0 Å². The van der Waals surface area contributed by atoms with Crippen molar-refractivity contribution in [2.75, 3.05) is 65.5 Å². The number of ether oxygens (including phenoxy) is 1. The van der Waals surface area contributed by atoms with Crippen LogP contribution in [-0.2, 0) is 12.8 Å². The summed E-state index contributed by atoms with van der Waals surface area (Å²) in [7, 11) is 0. The number of aliphatic imine (C=N–C) groups is 1. The zero-order valence-corrected chi connectivity index (χ0v) is 19.7. The van der Waals surface area contributed by atoms with Crippen molar-refractivity contribution in [1.82, 2.24) is 20.4 Å². The minimum absolute atomic E-state index is 0. The summed E-state index contributed by atoms with van der Waals surface area (Å²) < 4.78 is 5.58. The number of fused-ring (bicyclic) bond motifs is 1. The van der Waals surface area contributed by atoms with E-state index in [1.165, 1.54) is 24.2 Å². The fourth-order valence-corrected chi connectivity index (χ4v) is 3.69. The molecule has 3 rings (SSSR count). The maximum absolute atomic E-state index is 5.58. The van der Waals surface area contributed by atoms with Crippen molar-refractivity contribution in [3.05, 3.63) is 29.3 Å². The van der Waals surface area contributed by atoms with Crippen molar-refractivity contribution in [2.45, 2.75) is 26.7 Å². The molecule has 7 heteroatoms. The predicted octanol–water partition coefficient (Wildman–Crippen LogP) is 1.97. The molecule has 2 aliphatic rings. The molecule has 1 aromatic carbocycles. The monoisotopic (exact) mass is 501 g/mol. The van der Waals surface area contributed by atoms with Crippen LogP contribution in [0.25, 0.3) is 0 Å². The van der Waals surface area contributed by atoms with Crippen molar-refractivity contribution in [3.8, 4) is 5.75 Å². The van der Waals surface area contributed by atoms with E-state index in [1.807, 2.05) is 0 Å². The van der Waals surface area contributed by atoms with Gasteiger partial charge in [-0.05, 0) is 37.1 Å². The van der Waals surface area contributed by atoms with E-state index in [0.717, 1.165) is 77.0 Å². The summed E-state index contributed by atoms with van der Waals surface area (Å²) >= 11 is 0. The number of rotatable bonds is 8. The maximum Gasteiger partial charge on any atom is 0.191 e. The van der Waals surface area contributed by atoms with Gasteiger partial charge >= 0.3 is 0 Å². The molecule has 0 bridgehead atoms. The minimum atomic E-state index is 0. The van der Waals surface area contributed by atoms with Crippen LogP contribution in [0.5, 0.6) is 5.75 Å². The van der Waals surface area contributed by atoms with Gasteiger partial charge in [0.25, 0.3) is 0 Å². The van der Waals surface area contributed by atoms with Crippen LogP contribution in [0.2, 0.25) is 0 Å². The maximum atomic E-state index is 5.58. The Bertz CT molecular complexity index is 617. The van der Waals surface area contributed by atoms with Crippen LogP contribution in [-0.4, -0.2) is 81.3 Å². The van der Waals surface area contributed by atoms with Crippen LogP contribution >= 0.6 is 24.0 Å². The second-order valence-corrected chi connectivity index (χ2v) is 7.25. The molecule has 0 amide bonds. The van der Waals surface area contributed by atoms with Gasteiger partial charge in [-0.15, -0.1) is 24.0 Å². The first-order valence-electron chi connectivity index (χ1n) is 10.5. The highest BCUT2D eigenvalue weighted by Gasteiger charge is 2.14. The second kappa shape index (κ2) is 12.5. The molecule has 1 saturated heterocycles. The fourth-order valence-electron chi connectivity index (χ4n) is 3.69. The van der Waals surface area contributed by atoms with Crippen molar-refractivity contribution >= 4 is 29.9 Å². The van der Waals surface area contributed by atoms with E-state index in [-0.39, 0.29) is 24.0 Å². The average molecular weight is 501 g/mol. The van der Waals surface area contributed by atoms with Crippen molar-refractivity contribution < 1.29 is 4.74 Å². The predicted molar refractivity (Wildman–Crippen MR) is 127 cm³/mol. The van der Waals surface area contributed by atoms with Crippen LogP contribution in [0, 0.1) is 0 Å². The number of nitrogens with one attached hydrogen (secondary N) is 2. The number of nitrogens with zero attached hydrogens (tertiary/aromatic N) is 3. The molecule has 0 radical (unpaired) electrons. The summed E-state index contributed by atoms with van der Waals surface area (Å²) in [4.78, 5) is 9.79. The number of benzene rings is 1. The highest BCUT2D eigenvalue weighted by atomic mass is 127. The summed E-state index contributed by atoms with van der Waals surface area (Å²) in [6, 6.07) is 6.56. The molecular weight excluding hydrogens is 465 g/mol. The highest BCUT2D eigenvalue weighted by molar-refractivity contribution is 14.0. The zero-order valence-electron chi connectivity index (χ0n) is 17.4. The molecular formula is C21H36IN5O. The van der Waals surface area contributed by atoms with Crippen LogP contribution < -0.4 is 15.4 Å². The Morgan fingerprint density at radius 2 is 1.89 bits per heavy atom. The van der Waals surface area contributed by atoms with E-state index in [2.05, 4.69) is 52.5 Å². The quantitative estimate of drug-likeness (QED) is 0.324. The molecule has 158 valence electrons. The standard InChI is InChI=1S/C21H35N5O.HI/c1-3-22-21(24-10-11-26-14-12-25(4-2)13-15-26)23-9-7-18-5-6-20-19(17-18)8-16-27-20;/h5-6,17H,3-4,7-16H2,1-2H3,(H2,22,23,24);1H. The molecule has 28 heavy (non-hydrogen) atoms. The summed E-state index contributed by atoms with van der Waals surface area (Å²) in [5.74, 6) is 1.98. The van der Waals surface area contributed by atoms with Gasteiger partial charge < -0.3 is 20.3 Å². The normalized spacial score (nSPS) is 17.6. The summed E-state index contributed by atoms with van der Waals surface area (Å²) in [5, 5.41) is 6.83. The largest absolute Gasteiger partial charge is 0.493 e. The van der Waals surface area contributed by atoms with Gasteiger partial charge in [0.05, 0.1) is 13.2 Å². The van der Waals surface area contributed by atoms with E-state index in [1.54, 1.807) is 0 Å². The Labute approximate surface area is 187 Å². The fraction of sp³-hybridized carbons (Fsp3) is 0.667. The van der Waals surface area contributed by atoms with Gasteiger partial charge in [-0.3, -0.25) is 9.89 Å². The van der Waals surface area contributed by atoms with Gasteiger partial charge in [-0.2, -0.15) is 0 Å². The van der Waals surface area contributed by atoms with Crippen molar-refractivity contribution in [3.63, 3.8) is 0 Å². The molecule has 0 spiro atoms. The molecule has 2 aliphatic heterocycles. The lowest BCUT2D eigenvalue weighted by molar-refractivity contribution is 0.140. The van der Waals surface area contributed by atoms with Gasteiger partial charge in [0.1, 0.15) is 5.75 Å². The van der Waals surface area contributed by atoms with Gasteiger partial charge in [-0.25, -0.2) is 0 Å². The molecule has 1 aromatic rings. The topological polar surface area (TPSA) is 52.1 Å². The number of guanidine groups is 1. The molecule has 2 N–H and O–H groups in total. The molecule has 0 aliphatic carbocycles. The number of halogens is 1. The minimum Gasteiger partial charge on any atom is -0.493 e. The third-order valence-electron chi connectivity index (χ3n) is 5.40. The first-order valence-corrected chi connectivity index (χ1v) is 10.5. The van der Waals surface area contributed by atoms with E-state index >= 15 is 0 Å². The average Bonchev–Trinajstić information content (AvgIpc) is 3.16. The SMILES string of the molecule is CCNC(=NCCN1CCN(CC)CC1)NCCc1ccc2c(c1)CCO2.I. The lowest BCUT2D eigenvalue weighted by Gasteiger charge is -2.33. The smallest absolute Gasteiger partial charge is 0.191 e. The summed E-state index contributed by atoms with van der Waals surface area (Å²) in [6.07, 6.45) is 2.03. The lowest BCUT2D eigenvalue weighted by Crippen LogP contribution is -2.47. The molecule has 2 heterocycles. The molecule has 0 saturated carbocycles. The lowest BCUT2D eigenvalue weighted by atomic mass is 10.1. The first-order chi connectivity index (χ1) is 13.3. The summed E-state index contributed by atoms with van der Waals surface area (Å²) in [6.45, 7) is 14.7. The Kier molecular flexibility index (Phi) is 10.4. The van der Waals surface area contributed by atoms with Crippen LogP contribution in [0.1, 0.15) is 25.0 Å². The molecule has 0 unspecified atom stereocenters. The van der Waals surface area contributed by atoms with Gasteiger partial charge in [0.2, 0.25) is 0 Å². The van der Waals surface area contributed by atoms with E-state index in [9.17, 15) is 0 Å². The van der Waals surface area contributed by atoms with Gasteiger partial charge in [-0.1, -0.05) is 19.1 Å². The number of likely N-dealkylation sites (N-methyl/N-ethyl adjacent to an activating group) is 1. The molecule has 1 fully saturated rings. The third kappa shape index (κ3) is 7.08. The van der Waals surface area contributed by atoms with Gasteiger partial charge in [0, 0.05) is 52.2 Å². The summed E-state index contributed by atoms with van der Waals surface area (Å²) in [5.41, 5.74) is 2.70. The zero-order chi connectivity index (χ0) is 18.9. The van der Waals surface area contributed by atoms with E-state index in [4.69, 9.17) is 9.73 Å². The Morgan fingerprint density at radius 1 is 1.11 bits per heavy atom. The van der Waals surface area contributed by atoms with Crippen LogP contribution in [0.4, 0.5) is 0 Å². The Hall–Kier alpha value is -1.06. The van der Waals surface area contributed by atoms with Gasteiger partial charge in [0.15, 0.2) is 5.96 Å². The number of piperazine rings is 1. The van der Waals surface area contributed by atoms with Crippen molar-refractivity contribution in [2.24, 2.45) is 4.99 Å². The Morgan fingerprint density at radius 3 is 2.64 bits per heavy atom. The number of hydrogen-bond donors (Lipinski definition) is 2.